The van der Waals surface area contributed by atoms with Crippen LogP contribution in [0.15, 0.2) is 54.6 Å². The number of urea groups is 1. The quantitative estimate of drug-likeness (QED) is 0.841. The third-order valence-corrected chi connectivity index (χ3v) is 5.47. The van der Waals surface area contributed by atoms with E-state index in [4.69, 9.17) is 0 Å². The average molecular weight is 378 g/mol. The molecule has 0 unspecified atom stereocenters. The molecule has 0 saturated carbocycles. The monoisotopic (exact) mass is 378 g/mol. The first-order valence-corrected chi connectivity index (χ1v) is 9.91. The Balaban J connectivity index is 1.27. The van der Waals surface area contributed by atoms with E-state index in [0.717, 1.165) is 38.2 Å². The highest BCUT2D eigenvalue weighted by atomic mass is 16.2. The minimum absolute atomic E-state index is 0.0427. The van der Waals surface area contributed by atoms with E-state index >= 15 is 0 Å². The fourth-order valence-electron chi connectivity index (χ4n) is 3.86. The molecular weight excluding hydrogens is 352 g/mol. The van der Waals surface area contributed by atoms with E-state index in [0.29, 0.717) is 18.7 Å². The van der Waals surface area contributed by atoms with Gasteiger partial charge in [-0.2, -0.15) is 0 Å². The third-order valence-electron chi connectivity index (χ3n) is 5.47. The number of nitrogens with zero attached hydrogens (tertiary/aromatic N) is 2. The molecule has 4 rings (SSSR count). The second kappa shape index (κ2) is 8.44. The summed E-state index contributed by atoms with van der Waals surface area (Å²) in [6.07, 6.45) is 1.93. The van der Waals surface area contributed by atoms with Crippen molar-refractivity contribution in [1.82, 2.24) is 15.5 Å². The van der Waals surface area contributed by atoms with Crippen LogP contribution in [0.4, 0.5) is 10.5 Å². The molecule has 2 saturated heterocycles. The van der Waals surface area contributed by atoms with Crippen LogP contribution in [-0.4, -0.2) is 49.1 Å². The van der Waals surface area contributed by atoms with Gasteiger partial charge in [0, 0.05) is 50.0 Å². The molecule has 2 aromatic carbocycles. The number of carbonyl (C=O) groups excluding carboxylic acids is 2. The van der Waals surface area contributed by atoms with Gasteiger partial charge < -0.3 is 10.6 Å². The van der Waals surface area contributed by atoms with Crippen molar-refractivity contribution in [2.24, 2.45) is 0 Å². The molecule has 2 heterocycles. The molecule has 6 heteroatoms. The molecule has 0 atom stereocenters. The van der Waals surface area contributed by atoms with Crippen molar-refractivity contribution in [3.05, 3.63) is 65.7 Å². The van der Waals surface area contributed by atoms with Crippen LogP contribution < -0.4 is 15.5 Å². The van der Waals surface area contributed by atoms with Crippen LogP contribution in [-0.2, 0) is 6.54 Å². The lowest BCUT2D eigenvalue weighted by atomic mass is 10.0. The molecule has 0 bridgehead atoms. The summed E-state index contributed by atoms with van der Waals surface area (Å²) < 4.78 is 0. The number of rotatable bonds is 5. The lowest BCUT2D eigenvalue weighted by Crippen LogP contribution is -2.44. The van der Waals surface area contributed by atoms with Gasteiger partial charge in [0.25, 0.3) is 5.91 Å². The first-order valence-electron chi connectivity index (χ1n) is 9.91. The molecule has 6 nitrogen and oxygen atoms in total. The summed E-state index contributed by atoms with van der Waals surface area (Å²) in [4.78, 5) is 28.4. The fourth-order valence-corrected chi connectivity index (χ4v) is 3.86. The second-order valence-corrected chi connectivity index (χ2v) is 7.44. The molecule has 2 aliphatic heterocycles. The van der Waals surface area contributed by atoms with E-state index < -0.39 is 0 Å². The van der Waals surface area contributed by atoms with Gasteiger partial charge in [0.05, 0.1) is 0 Å². The largest absolute Gasteiger partial charge is 0.349 e. The van der Waals surface area contributed by atoms with E-state index in [-0.39, 0.29) is 18.0 Å². The maximum Gasteiger partial charge on any atom is 0.321 e. The van der Waals surface area contributed by atoms with Crippen molar-refractivity contribution in [1.29, 1.82) is 0 Å². The summed E-state index contributed by atoms with van der Waals surface area (Å²) in [5.41, 5.74) is 2.78. The molecule has 2 aliphatic rings. The Bertz CT molecular complexity index is 814. The maximum absolute atomic E-state index is 12.6. The zero-order valence-corrected chi connectivity index (χ0v) is 15.9. The molecule has 0 spiro atoms. The van der Waals surface area contributed by atoms with Crippen LogP contribution in [0, 0.1) is 0 Å². The Morgan fingerprint density at radius 3 is 2.36 bits per heavy atom. The molecule has 2 aromatic rings. The standard InChI is InChI=1S/C22H26N4O2/c27-21(18-6-8-20(9-7-18)26-15-12-23-22(26)28)24-19-10-13-25(14-11-19)16-17-4-2-1-3-5-17/h1-9,19H,10-16H2,(H,23,28)(H,24,27). The third kappa shape index (κ3) is 4.34. The van der Waals surface area contributed by atoms with Gasteiger partial charge in [-0.1, -0.05) is 30.3 Å². The van der Waals surface area contributed by atoms with E-state index in [1.807, 2.05) is 18.2 Å². The van der Waals surface area contributed by atoms with Gasteiger partial charge >= 0.3 is 6.03 Å². The number of hydrogen-bond donors (Lipinski definition) is 2. The zero-order valence-electron chi connectivity index (χ0n) is 15.9. The van der Waals surface area contributed by atoms with E-state index in [2.05, 4.69) is 39.8 Å². The highest BCUT2D eigenvalue weighted by molar-refractivity contribution is 5.97. The maximum atomic E-state index is 12.6. The number of carbonyl (C=O) groups is 2. The Hall–Kier alpha value is -2.86. The minimum Gasteiger partial charge on any atom is -0.349 e. The summed E-state index contributed by atoms with van der Waals surface area (Å²) in [5, 5.41) is 5.94. The molecule has 2 N–H and O–H groups in total. The zero-order chi connectivity index (χ0) is 19.3. The lowest BCUT2D eigenvalue weighted by Gasteiger charge is -2.32. The fraction of sp³-hybridized carbons (Fsp3) is 0.364. The van der Waals surface area contributed by atoms with Crippen LogP contribution in [0.25, 0.3) is 0 Å². The smallest absolute Gasteiger partial charge is 0.321 e. The van der Waals surface area contributed by atoms with Crippen molar-refractivity contribution < 1.29 is 9.59 Å². The summed E-state index contributed by atoms with van der Waals surface area (Å²) in [6, 6.07) is 17.9. The van der Waals surface area contributed by atoms with Gasteiger partial charge in [-0.15, -0.1) is 0 Å². The van der Waals surface area contributed by atoms with Crippen LogP contribution in [0.3, 0.4) is 0 Å². The lowest BCUT2D eigenvalue weighted by molar-refractivity contribution is 0.0909. The van der Waals surface area contributed by atoms with Gasteiger partial charge in [-0.25, -0.2) is 4.79 Å². The summed E-state index contributed by atoms with van der Waals surface area (Å²) in [6.45, 7) is 4.26. The molecule has 0 aliphatic carbocycles. The van der Waals surface area contributed by atoms with Crippen molar-refractivity contribution in [2.45, 2.75) is 25.4 Å². The number of hydrogen-bond acceptors (Lipinski definition) is 3. The van der Waals surface area contributed by atoms with Crippen molar-refractivity contribution in [2.75, 3.05) is 31.1 Å². The summed E-state index contributed by atoms with van der Waals surface area (Å²) >= 11 is 0. The number of amides is 3. The van der Waals surface area contributed by atoms with E-state index in [1.165, 1.54) is 5.56 Å². The van der Waals surface area contributed by atoms with Gasteiger partial charge in [0.1, 0.15) is 0 Å². The molecule has 2 fully saturated rings. The van der Waals surface area contributed by atoms with E-state index in [1.54, 1.807) is 17.0 Å². The molecule has 28 heavy (non-hydrogen) atoms. The Kier molecular flexibility index (Phi) is 5.58. The Morgan fingerprint density at radius 2 is 1.71 bits per heavy atom. The molecule has 3 amide bonds. The molecular formula is C22H26N4O2. The van der Waals surface area contributed by atoms with Crippen molar-refractivity contribution in [3.8, 4) is 0 Å². The molecule has 0 radical (unpaired) electrons. The van der Waals surface area contributed by atoms with Crippen molar-refractivity contribution >= 4 is 17.6 Å². The highest BCUT2D eigenvalue weighted by Crippen LogP contribution is 2.18. The SMILES string of the molecule is O=C(NC1CCN(Cc2ccccc2)CC1)c1ccc(N2CCNC2=O)cc1. The number of benzene rings is 2. The first-order chi connectivity index (χ1) is 13.7. The van der Waals surface area contributed by atoms with Crippen LogP contribution in [0.2, 0.25) is 0 Å². The predicted molar refractivity (Wildman–Crippen MR) is 109 cm³/mol. The number of likely N-dealkylation sites (tertiary alicyclic amines) is 1. The number of piperidine rings is 1. The number of anilines is 1. The summed E-state index contributed by atoms with van der Waals surface area (Å²) in [5.74, 6) is -0.0427. The van der Waals surface area contributed by atoms with Gasteiger partial charge in [-0.3, -0.25) is 14.6 Å². The van der Waals surface area contributed by atoms with Crippen LogP contribution in [0.5, 0.6) is 0 Å². The Morgan fingerprint density at radius 1 is 1.00 bits per heavy atom. The van der Waals surface area contributed by atoms with Gasteiger partial charge in [0.2, 0.25) is 0 Å². The van der Waals surface area contributed by atoms with Gasteiger partial charge in [0.15, 0.2) is 0 Å². The Labute approximate surface area is 165 Å². The summed E-state index contributed by atoms with van der Waals surface area (Å²) in [7, 11) is 0. The predicted octanol–water partition coefficient (Wildman–Crippen LogP) is 2.61. The number of nitrogens with one attached hydrogen (secondary N) is 2. The van der Waals surface area contributed by atoms with Gasteiger partial charge in [-0.05, 0) is 42.7 Å². The highest BCUT2D eigenvalue weighted by Gasteiger charge is 2.23. The molecule has 146 valence electrons. The minimum atomic E-state index is -0.0838. The van der Waals surface area contributed by atoms with E-state index in [9.17, 15) is 9.59 Å². The first kappa shape index (κ1) is 18.5. The average Bonchev–Trinajstić information content (AvgIpc) is 3.16. The van der Waals surface area contributed by atoms with Crippen molar-refractivity contribution in [3.63, 3.8) is 0 Å². The topological polar surface area (TPSA) is 64.7 Å². The molecule has 0 aromatic heterocycles. The normalized spacial score (nSPS) is 18.1. The van der Waals surface area contributed by atoms with Crippen LogP contribution in [0.1, 0.15) is 28.8 Å². The van der Waals surface area contributed by atoms with Crippen LogP contribution >= 0.6 is 0 Å². The second-order valence-electron chi connectivity index (χ2n) is 7.44.